The van der Waals surface area contributed by atoms with Crippen LogP contribution in [0.15, 0.2) is 30.3 Å². The van der Waals surface area contributed by atoms with Crippen LogP contribution in [0.5, 0.6) is 0 Å². The molecular formula is C13H16O2S. The van der Waals surface area contributed by atoms with Crippen molar-refractivity contribution in [3.63, 3.8) is 0 Å². The predicted molar refractivity (Wildman–Crippen MR) is 67.5 cm³/mol. The van der Waals surface area contributed by atoms with Crippen LogP contribution < -0.4 is 0 Å². The standard InChI is InChI=1S/C13H16O2S/c1-10(14)13(9-16-11(2)15)8-12-6-4-3-5-7-12/h3-7,13H,8-9H2,1-2H3. The molecule has 0 bridgehead atoms. The van der Waals surface area contributed by atoms with E-state index < -0.39 is 0 Å². The third kappa shape index (κ3) is 4.62. The third-order valence-corrected chi connectivity index (χ3v) is 3.36. The number of ketones is 1. The Morgan fingerprint density at radius 2 is 1.81 bits per heavy atom. The van der Waals surface area contributed by atoms with Crippen molar-refractivity contribution in [3.05, 3.63) is 35.9 Å². The molecule has 0 fully saturated rings. The van der Waals surface area contributed by atoms with E-state index in [4.69, 9.17) is 0 Å². The number of thioether (sulfide) groups is 1. The minimum Gasteiger partial charge on any atom is -0.300 e. The topological polar surface area (TPSA) is 34.1 Å². The van der Waals surface area contributed by atoms with Gasteiger partial charge in [0.05, 0.1) is 0 Å². The van der Waals surface area contributed by atoms with E-state index in [1.807, 2.05) is 30.3 Å². The zero-order valence-corrected chi connectivity index (χ0v) is 10.4. The van der Waals surface area contributed by atoms with Crippen LogP contribution >= 0.6 is 11.8 Å². The Labute approximate surface area is 100 Å². The quantitative estimate of drug-likeness (QED) is 0.788. The Bertz CT molecular complexity index is 359. The molecule has 0 N–H and O–H groups in total. The molecule has 1 aromatic rings. The van der Waals surface area contributed by atoms with Crippen LogP contribution in [0.3, 0.4) is 0 Å². The molecule has 0 aliphatic rings. The molecule has 0 aromatic heterocycles. The molecule has 0 aliphatic heterocycles. The lowest BCUT2D eigenvalue weighted by Crippen LogP contribution is -2.17. The summed E-state index contributed by atoms with van der Waals surface area (Å²) in [4.78, 5) is 22.3. The van der Waals surface area contributed by atoms with Gasteiger partial charge in [0, 0.05) is 18.6 Å². The lowest BCUT2D eigenvalue weighted by molar-refractivity contribution is -0.120. The Morgan fingerprint density at radius 1 is 1.19 bits per heavy atom. The molecule has 0 saturated carbocycles. The van der Waals surface area contributed by atoms with Crippen molar-refractivity contribution in [2.24, 2.45) is 5.92 Å². The molecule has 0 saturated heterocycles. The number of Topliss-reactive ketones (excluding diaryl/α,β-unsaturated/α-hetero) is 1. The average molecular weight is 236 g/mol. The number of hydrogen-bond donors (Lipinski definition) is 0. The highest BCUT2D eigenvalue weighted by atomic mass is 32.2. The summed E-state index contributed by atoms with van der Waals surface area (Å²) in [6.45, 7) is 3.12. The molecule has 1 rings (SSSR count). The number of carbonyl (C=O) groups excluding carboxylic acids is 2. The van der Waals surface area contributed by atoms with Gasteiger partial charge in [-0.15, -0.1) is 0 Å². The number of rotatable bonds is 5. The Balaban J connectivity index is 2.58. The van der Waals surface area contributed by atoms with E-state index in [1.165, 1.54) is 18.7 Å². The summed E-state index contributed by atoms with van der Waals surface area (Å²) in [7, 11) is 0. The molecule has 1 atom stereocenters. The van der Waals surface area contributed by atoms with Crippen LogP contribution in [-0.4, -0.2) is 16.7 Å². The van der Waals surface area contributed by atoms with Gasteiger partial charge in [-0.25, -0.2) is 0 Å². The third-order valence-electron chi connectivity index (χ3n) is 2.39. The maximum absolute atomic E-state index is 11.4. The zero-order valence-electron chi connectivity index (χ0n) is 9.60. The van der Waals surface area contributed by atoms with E-state index in [-0.39, 0.29) is 16.8 Å². The Kier molecular flexibility index (Phi) is 5.26. The Hall–Kier alpha value is -1.09. The van der Waals surface area contributed by atoms with Crippen molar-refractivity contribution in [2.75, 3.05) is 5.75 Å². The largest absolute Gasteiger partial charge is 0.300 e. The first kappa shape index (κ1) is 13.0. The van der Waals surface area contributed by atoms with Crippen LogP contribution in [0.25, 0.3) is 0 Å². The van der Waals surface area contributed by atoms with E-state index in [1.54, 1.807) is 6.92 Å². The highest BCUT2D eigenvalue weighted by Gasteiger charge is 2.15. The number of hydrogen-bond acceptors (Lipinski definition) is 3. The second-order valence-electron chi connectivity index (χ2n) is 3.80. The predicted octanol–water partition coefficient (Wildman–Crippen LogP) is 2.71. The first-order valence-electron chi connectivity index (χ1n) is 5.27. The number of benzene rings is 1. The molecule has 16 heavy (non-hydrogen) atoms. The van der Waals surface area contributed by atoms with Gasteiger partial charge in [0.15, 0.2) is 5.12 Å². The summed E-state index contributed by atoms with van der Waals surface area (Å²) in [5, 5.41) is 0.0688. The van der Waals surface area contributed by atoms with Crippen molar-refractivity contribution in [2.45, 2.75) is 20.3 Å². The molecule has 0 radical (unpaired) electrons. The molecule has 0 amide bonds. The van der Waals surface area contributed by atoms with E-state index in [0.717, 1.165) is 12.0 Å². The van der Waals surface area contributed by atoms with Crippen LogP contribution in [0.2, 0.25) is 0 Å². The van der Waals surface area contributed by atoms with Crippen LogP contribution in [0, 0.1) is 5.92 Å². The molecule has 0 aliphatic carbocycles. The molecule has 86 valence electrons. The van der Waals surface area contributed by atoms with E-state index >= 15 is 0 Å². The van der Waals surface area contributed by atoms with E-state index in [9.17, 15) is 9.59 Å². The minimum absolute atomic E-state index is 0.0590. The molecule has 1 unspecified atom stereocenters. The molecule has 1 aromatic carbocycles. The van der Waals surface area contributed by atoms with Gasteiger partial charge < -0.3 is 0 Å². The molecule has 3 heteroatoms. The maximum Gasteiger partial charge on any atom is 0.185 e. The van der Waals surface area contributed by atoms with Crippen LogP contribution in [-0.2, 0) is 16.0 Å². The van der Waals surface area contributed by atoms with Gasteiger partial charge in [-0.1, -0.05) is 42.1 Å². The molecule has 0 heterocycles. The normalized spacial score (nSPS) is 12.1. The highest BCUT2D eigenvalue weighted by molar-refractivity contribution is 8.13. The first-order chi connectivity index (χ1) is 7.59. The minimum atomic E-state index is -0.0590. The molecular weight excluding hydrogens is 220 g/mol. The summed E-state index contributed by atoms with van der Waals surface area (Å²) < 4.78 is 0. The fraction of sp³-hybridized carbons (Fsp3) is 0.385. The lowest BCUT2D eigenvalue weighted by atomic mass is 9.98. The smallest absolute Gasteiger partial charge is 0.185 e. The summed E-state index contributed by atoms with van der Waals surface area (Å²) in [5.74, 6) is 0.674. The monoisotopic (exact) mass is 236 g/mol. The number of carbonyl (C=O) groups is 2. The van der Waals surface area contributed by atoms with Crippen LogP contribution in [0.1, 0.15) is 19.4 Å². The van der Waals surface area contributed by atoms with Crippen molar-refractivity contribution < 1.29 is 9.59 Å². The van der Waals surface area contributed by atoms with Crippen molar-refractivity contribution in [1.82, 2.24) is 0 Å². The summed E-state index contributed by atoms with van der Waals surface area (Å²) in [6.07, 6.45) is 0.719. The van der Waals surface area contributed by atoms with Crippen molar-refractivity contribution >= 4 is 22.7 Å². The summed E-state index contributed by atoms with van der Waals surface area (Å²) in [6, 6.07) is 9.90. The van der Waals surface area contributed by atoms with Gasteiger partial charge in [0.2, 0.25) is 0 Å². The van der Waals surface area contributed by atoms with Crippen molar-refractivity contribution in [1.29, 1.82) is 0 Å². The van der Waals surface area contributed by atoms with Gasteiger partial charge in [0.1, 0.15) is 5.78 Å². The van der Waals surface area contributed by atoms with Crippen LogP contribution in [0.4, 0.5) is 0 Å². The van der Waals surface area contributed by atoms with Gasteiger partial charge >= 0.3 is 0 Å². The first-order valence-corrected chi connectivity index (χ1v) is 6.26. The van der Waals surface area contributed by atoms with E-state index in [2.05, 4.69) is 0 Å². The lowest BCUT2D eigenvalue weighted by Gasteiger charge is -2.12. The highest BCUT2D eigenvalue weighted by Crippen LogP contribution is 2.16. The van der Waals surface area contributed by atoms with Crippen molar-refractivity contribution in [3.8, 4) is 0 Å². The van der Waals surface area contributed by atoms with Gasteiger partial charge in [0.25, 0.3) is 0 Å². The zero-order chi connectivity index (χ0) is 12.0. The van der Waals surface area contributed by atoms with E-state index in [0.29, 0.717) is 5.75 Å². The van der Waals surface area contributed by atoms with Gasteiger partial charge in [-0.05, 0) is 18.9 Å². The fourth-order valence-electron chi connectivity index (χ4n) is 1.44. The summed E-state index contributed by atoms with van der Waals surface area (Å²) in [5.41, 5.74) is 1.15. The molecule has 0 spiro atoms. The fourth-order valence-corrected chi connectivity index (χ4v) is 2.23. The second kappa shape index (κ2) is 6.48. The summed E-state index contributed by atoms with van der Waals surface area (Å²) >= 11 is 1.23. The molecule has 2 nitrogen and oxygen atoms in total. The Morgan fingerprint density at radius 3 is 2.31 bits per heavy atom. The average Bonchev–Trinajstić information content (AvgIpc) is 2.25. The van der Waals surface area contributed by atoms with Gasteiger partial charge in [-0.3, -0.25) is 9.59 Å². The second-order valence-corrected chi connectivity index (χ2v) is 5.00. The van der Waals surface area contributed by atoms with Gasteiger partial charge in [-0.2, -0.15) is 0 Å². The SMILES string of the molecule is CC(=O)SCC(Cc1ccccc1)C(C)=O. The maximum atomic E-state index is 11.4.